The van der Waals surface area contributed by atoms with E-state index in [0.717, 1.165) is 24.5 Å². The summed E-state index contributed by atoms with van der Waals surface area (Å²) < 4.78 is 10.8. The zero-order valence-electron chi connectivity index (χ0n) is 10.0. The summed E-state index contributed by atoms with van der Waals surface area (Å²) in [4.78, 5) is 0. The fourth-order valence-corrected chi connectivity index (χ4v) is 1.84. The molecule has 0 aliphatic carbocycles. The van der Waals surface area contributed by atoms with Crippen LogP contribution in [0.25, 0.3) is 0 Å². The lowest BCUT2D eigenvalue weighted by Gasteiger charge is -2.11. The number of rotatable bonds is 5. The Morgan fingerprint density at radius 2 is 1.94 bits per heavy atom. The van der Waals surface area contributed by atoms with E-state index in [1.807, 2.05) is 0 Å². The third kappa shape index (κ3) is 2.23. The second kappa shape index (κ2) is 5.10. The van der Waals surface area contributed by atoms with Gasteiger partial charge in [0, 0.05) is 18.3 Å². The number of anilines is 1. The maximum atomic E-state index is 5.38. The molecule has 0 spiro atoms. The number of hydrogen-bond donors (Lipinski definition) is 1. The van der Waals surface area contributed by atoms with E-state index < -0.39 is 0 Å². The van der Waals surface area contributed by atoms with Crippen molar-refractivity contribution in [2.24, 2.45) is 0 Å². The number of unbranched alkanes of at least 4 members (excludes halogenated alkanes) is 1. The van der Waals surface area contributed by atoms with Gasteiger partial charge in [-0.25, -0.2) is 0 Å². The minimum Gasteiger partial charge on any atom is -0.454 e. The highest BCUT2D eigenvalue weighted by Gasteiger charge is 2.16. The second-order valence-corrected chi connectivity index (χ2v) is 4.00. The first-order valence-electron chi connectivity index (χ1n) is 6.01. The molecule has 2 rings (SSSR count). The van der Waals surface area contributed by atoms with Gasteiger partial charge < -0.3 is 14.8 Å². The average Bonchev–Trinajstić information content (AvgIpc) is 2.75. The van der Waals surface area contributed by atoms with Crippen LogP contribution in [0.1, 0.15) is 32.3 Å². The van der Waals surface area contributed by atoms with Gasteiger partial charge in [-0.2, -0.15) is 0 Å². The van der Waals surface area contributed by atoms with E-state index in [0.29, 0.717) is 6.79 Å². The minimum atomic E-state index is 0.344. The lowest BCUT2D eigenvalue weighted by molar-refractivity contribution is 0.174. The van der Waals surface area contributed by atoms with E-state index in [2.05, 4.69) is 31.3 Å². The lowest BCUT2D eigenvalue weighted by atomic mass is 10.1. The summed E-state index contributed by atoms with van der Waals surface area (Å²) in [5.41, 5.74) is 2.47. The molecule has 0 saturated carbocycles. The summed E-state index contributed by atoms with van der Waals surface area (Å²) in [6.45, 7) is 5.71. The number of hydrogen-bond acceptors (Lipinski definition) is 3. The van der Waals surface area contributed by atoms with Crippen molar-refractivity contribution in [1.82, 2.24) is 0 Å². The maximum absolute atomic E-state index is 5.38. The molecule has 0 aromatic heterocycles. The molecule has 1 aromatic carbocycles. The standard InChI is InChI=1S/C13H19NO2/c1-3-5-6-14-11-8-13-12(15-9-16-13)7-10(11)4-2/h7-8,14H,3-6,9H2,1-2H3. The Bertz CT molecular complexity index is 363. The molecule has 88 valence electrons. The predicted octanol–water partition coefficient (Wildman–Crippen LogP) is 3.19. The fourth-order valence-electron chi connectivity index (χ4n) is 1.84. The quantitative estimate of drug-likeness (QED) is 0.774. The highest BCUT2D eigenvalue weighted by molar-refractivity contribution is 5.61. The van der Waals surface area contributed by atoms with Crippen molar-refractivity contribution in [3.05, 3.63) is 17.7 Å². The Hall–Kier alpha value is -1.38. The van der Waals surface area contributed by atoms with Crippen LogP contribution in [0.5, 0.6) is 11.5 Å². The molecular formula is C13H19NO2. The molecule has 1 aromatic rings. The van der Waals surface area contributed by atoms with E-state index in [1.54, 1.807) is 0 Å². The van der Waals surface area contributed by atoms with Crippen molar-refractivity contribution in [2.45, 2.75) is 33.1 Å². The molecule has 1 heterocycles. The van der Waals surface area contributed by atoms with Gasteiger partial charge in [-0.15, -0.1) is 0 Å². The van der Waals surface area contributed by atoms with Crippen molar-refractivity contribution < 1.29 is 9.47 Å². The van der Waals surface area contributed by atoms with Gasteiger partial charge in [-0.05, 0) is 24.5 Å². The van der Waals surface area contributed by atoms with E-state index in [4.69, 9.17) is 9.47 Å². The predicted molar refractivity (Wildman–Crippen MR) is 65.3 cm³/mol. The van der Waals surface area contributed by atoms with E-state index in [1.165, 1.54) is 24.1 Å². The van der Waals surface area contributed by atoms with Crippen LogP contribution in [0, 0.1) is 0 Å². The minimum absolute atomic E-state index is 0.344. The van der Waals surface area contributed by atoms with Crippen LogP contribution in [-0.2, 0) is 6.42 Å². The smallest absolute Gasteiger partial charge is 0.231 e. The third-order valence-electron chi connectivity index (χ3n) is 2.83. The van der Waals surface area contributed by atoms with E-state index in [-0.39, 0.29) is 0 Å². The van der Waals surface area contributed by atoms with Gasteiger partial charge in [0.25, 0.3) is 0 Å². The summed E-state index contributed by atoms with van der Waals surface area (Å²) >= 11 is 0. The molecule has 0 fully saturated rings. The third-order valence-corrected chi connectivity index (χ3v) is 2.83. The summed E-state index contributed by atoms with van der Waals surface area (Å²) in [5.74, 6) is 1.73. The summed E-state index contributed by atoms with van der Waals surface area (Å²) in [7, 11) is 0. The first-order chi connectivity index (χ1) is 7.85. The van der Waals surface area contributed by atoms with Crippen molar-refractivity contribution in [3.63, 3.8) is 0 Å². The maximum Gasteiger partial charge on any atom is 0.231 e. The summed E-state index contributed by atoms with van der Waals surface area (Å²) in [6, 6.07) is 4.13. The van der Waals surface area contributed by atoms with Crippen LogP contribution < -0.4 is 14.8 Å². The first-order valence-corrected chi connectivity index (χ1v) is 6.01. The van der Waals surface area contributed by atoms with Gasteiger partial charge in [-0.3, -0.25) is 0 Å². The molecule has 3 nitrogen and oxygen atoms in total. The molecule has 0 amide bonds. The zero-order chi connectivity index (χ0) is 11.4. The van der Waals surface area contributed by atoms with Crippen molar-refractivity contribution in [2.75, 3.05) is 18.7 Å². The van der Waals surface area contributed by atoms with Crippen LogP contribution >= 0.6 is 0 Å². The normalized spacial score (nSPS) is 12.9. The molecule has 0 bridgehead atoms. The lowest BCUT2D eigenvalue weighted by Crippen LogP contribution is -2.03. The van der Waals surface area contributed by atoms with Crippen LogP contribution in [-0.4, -0.2) is 13.3 Å². The Morgan fingerprint density at radius 1 is 1.19 bits per heavy atom. The van der Waals surface area contributed by atoms with Crippen LogP contribution in [0.2, 0.25) is 0 Å². The largest absolute Gasteiger partial charge is 0.454 e. The second-order valence-electron chi connectivity index (χ2n) is 4.00. The highest BCUT2D eigenvalue weighted by Crippen LogP contribution is 2.37. The van der Waals surface area contributed by atoms with Gasteiger partial charge >= 0.3 is 0 Å². The molecule has 16 heavy (non-hydrogen) atoms. The van der Waals surface area contributed by atoms with Gasteiger partial charge in [0.05, 0.1) is 0 Å². The number of aryl methyl sites for hydroxylation is 1. The highest BCUT2D eigenvalue weighted by atomic mass is 16.7. The monoisotopic (exact) mass is 221 g/mol. The Labute approximate surface area is 96.8 Å². The molecule has 3 heteroatoms. The van der Waals surface area contributed by atoms with Crippen LogP contribution in [0.3, 0.4) is 0 Å². The van der Waals surface area contributed by atoms with Crippen molar-refractivity contribution >= 4 is 5.69 Å². The Morgan fingerprint density at radius 3 is 2.62 bits per heavy atom. The first kappa shape index (κ1) is 11.1. The number of ether oxygens (including phenoxy) is 2. The van der Waals surface area contributed by atoms with Gasteiger partial charge in [0.15, 0.2) is 11.5 Å². The van der Waals surface area contributed by atoms with Gasteiger partial charge in [0.1, 0.15) is 0 Å². The zero-order valence-corrected chi connectivity index (χ0v) is 10.0. The molecule has 1 aliphatic rings. The van der Waals surface area contributed by atoms with E-state index in [9.17, 15) is 0 Å². The molecule has 0 saturated heterocycles. The summed E-state index contributed by atoms with van der Waals surface area (Å²) in [5, 5.41) is 3.46. The molecule has 1 N–H and O–H groups in total. The Kier molecular flexibility index (Phi) is 3.54. The topological polar surface area (TPSA) is 30.5 Å². The van der Waals surface area contributed by atoms with Crippen LogP contribution in [0.15, 0.2) is 12.1 Å². The van der Waals surface area contributed by atoms with E-state index >= 15 is 0 Å². The molecular weight excluding hydrogens is 202 g/mol. The van der Waals surface area contributed by atoms with Gasteiger partial charge in [-0.1, -0.05) is 20.3 Å². The molecule has 1 aliphatic heterocycles. The number of fused-ring (bicyclic) bond motifs is 1. The van der Waals surface area contributed by atoms with Crippen molar-refractivity contribution in [1.29, 1.82) is 0 Å². The van der Waals surface area contributed by atoms with Gasteiger partial charge in [0.2, 0.25) is 6.79 Å². The summed E-state index contributed by atoms with van der Waals surface area (Å²) in [6.07, 6.45) is 3.40. The fraction of sp³-hybridized carbons (Fsp3) is 0.538. The number of benzene rings is 1. The molecule has 0 unspecified atom stereocenters. The van der Waals surface area contributed by atoms with Crippen molar-refractivity contribution in [3.8, 4) is 11.5 Å². The molecule has 0 atom stereocenters. The SMILES string of the molecule is CCCCNc1cc2c(cc1CC)OCO2. The average molecular weight is 221 g/mol. The Balaban J connectivity index is 2.15. The van der Waals surface area contributed by atoms with Crippen LogP contribution in [0.4, 0.5) is 5.69 Å². The molecule has 0 radical (unpaired) electrons. The number of nitrogens with one attached hydrogen (secondary N) is 1.